The Morgan fingerprint density at radius 2 is 1.90 bits per heavy atom. The molecule has 0 radical (unpaired) electrons. The first-order valence-corrected chi connectivity index (χ1v) is 6.93. The van der Waals surface area contributed by atoms with Crippen LogP contribution in [0.4, 0.5) is 10.6 Å². The van der Waals surface area contributed by atoms with Gasteiger partial charge in [-0.2, -0.15) is 5.10 Å². The van der Waals surface area contributed by atoms with Crippen LogP contribution in [0.15, 0.2) is 42.6 Å². The number of urea groups is 1. The van der Waals surface area contributed by atoms with E-state index in [0.29, 0.717) is 5.82 Å². The topological polar surface area (TPSA) is 69.8 Å². The van der Waals surface area contributed by atoms with Crippen molar-refractivity contribution < 1.29 is 4.79 Å². The van der Waals surface area contributed by atoms with Crippen LogP contribution >= 0.6 is 0 Å². The third kappa shape index (κ3) is 2.52. The minimum absolute atomic E-state index is 0.194. The van der Waals surface area contributed by atoms with Crippen LogP contribution in [-0.2, 0) is 5.54 Å². The molecule has 5 nitrogen and oxygen atoms in total. The van der Waals surface area contributed by atoms with E-state index in [1.807, 2.05) is 18.2 Å². The fraction of sp³-hybridized carbons (Fsp3) is 0.333. The summed E-state index contributed by atoms with van der Waals surface area (Å²) in [7, 11) is 0. The van der Waals surface area contributed by atoms with Crippen molar-refractivity contribution in [3.05, 3.63) is 48.2 Å². The predicted molar refractivity (Wildman–Crippen MR) is 77.3 cm³/mol. The first kappa shape index (κ1) is 12.7. The lowest BCUT2D eigenvalue weighted by molar-refractivity contribution is 0.236. The Balaban J connectivity index is 1.76. The number of carbonyl (C=O) groups excluding carboxylic acids is 1. The second kappa shape index (κ2) is 5.36. The van der Waals surface area contributed by atoms with Gasteiger partial charge in [-0.3, -0.25) is 10.4 Å². The van der Waals surface area contributed by atoms with E-state index in [0.717, 1.165) is 25.7 Å². The van der Waals surface area contributed by atoms with Gasteiger partial charge in [0.1, 0.15) is 5.82 Å². The van der Waals surface area contributed by atoms with Crippen molar-refractivity contribution in [2.75, 3.05) is 5.32 Å². The molecule has 0 unspecified atom stereocenters. The molecule has 1 aliphatic rings. The van der Waals surface area contributed by atoms with E-state index >= 15 is 0 Å². The number of nitrogens with zero attached hydrogens (tertiary/aromatic N) is 1. The first-order chi connectivity index (χ1) is 9.78. The van der Waals surface area contributed by atoms with Crippen molar-refractivity contribution in [1.82, 2.24) is 15.5 Å². The highest BCUT2D eigenvalue weighted by Crippen LogP contribution is 2.38. The summed E-state index contributed by atoms with van der Waals surface area (Å²) in [6.07, 6.45) is 5.84. The van der Waals surface area contributed by atoms with Crippen molar-refractivity contribution in [3.63, 3.8) is 0 Å². The number of hydrogen-bond acceptors (Lipinski definition) is 2. The molecule has 1 aromatic carbocycles. The number of aromatic nitrogens is 2. The van der Waals surface area contributed by atoms with Gasteiger partial charge in [-0.15, -0.1) is 0 Å². The van der Waals surface area contributed by atoms with Crippen LogP contribution in [-0.4, -0.2) is 16.2 Å². The van der Waals surface area contributed by atoms with E-state index in [2.05, 4.69) is 33.0 Å². The van der Waals surface area contributed by atoms with Crippen LogP contribution in [0.3, 0.4) is 0 Å². The molecule has 1 heterocycles. The number of hydrogen-bond donors (Lipinski definition) is 3. The molecule has 0 spiro atoms. The molecule has 1 fully saturated rings. The van der Waals surface area contributed by atoms with Crippen molar-refractivity contribution in [2.45, 2.75) is 31.2 Å². The molecule has 0 aliphatic heterocycles. The van der Waals surface area contributed by atoms with Crippen LogP contribution in [0.2, 0.25) is 0 Å². The third-order valence-electron chi connectivity index (χ3n) is 3.89. The molecule has 1 aliphatic carbocycles. The maximum absolute atomic E-state index is 12.2. The number of rotatable bonds is 3. The second-order valence-corrected chi connectivity index (χ2v) is 5.20. The summed E-state index contributed by atoms with van der Waals surface area (Å²) in [5.41, 5.74) is 0.933. The zero-order valence-corrected chi connectivity index (χ0v) is 11.2. The zero-order valence-electron chi connectivity index (χ0n) is 11.2. The number of nitrogens with one attached hydrogen (secondary N) is 3. The Morgan fingerprint density at radius 1 is 1.15 bits per heavy atom. The van der Waals surface area contributed by atoms with E-state index < -0.39 is 0 Å². The highest BCUT2D eigenvalue weighted by atomic mass is 16.2. The summed E-state index contributed by atoms with van der Waals surface area (Å²) in [6.45, 7) is 0. The van der Waals surface area contributed by atoms with Crippen LogP contribution < -0.4 is 10.6 Å². The molecule has 3 N–H and O–H groups in total. The summed E-state index contributed by atoms with van der Waals surface area (Å²) in [5, 5.41) is 12.5. The Bertz CT molecular complexity index is 559. The Kier molecular flexibility index (Phi) is 3.41. The Morgan fingerprint density at radius 3 is 2.55 bits per heavy atom. The quantitative estimate of drug-likeness (QED) is 0.802. The maximum Gasteiger partial charge on any atom is 0.321 e. The van der Waals surface area contributed by atoms with Crippen LogP contribution in [0.5, 0.6) is 0 Å². The van der Waals surface area contributed by atoms with Crippen molar-refractivity contribution >= 4 is 11.8 Å². The van der Waals surface area contributed by atoms with Gasteiger partial charge in [0.25, 0.3) is 0 Å². The van der Waals surface area contributed by atoms with Crippen LogP contribution in [0, 0.1) is 0 Å². The van der Waals surface area contributed by atoms with E-state index in [-0.39, 0.29) is 11.6 Å². The van der Waals surface area contributed by atoms with Crippen LogP contribution in [0.1, 0.15) is 31.2 Å². The fourth-order valence-electron chi connectivity index (χ4n) is 2.92. The summed E-state index contributed by atoms with van der Waals surface area (Å²) >= 11 is 0. The molecule has 0 saturated heterocycles. The van der Waals surface area contributed by atoms with Gasteiger partial charge in [0.05, 0.1) is 11.7 Å². The average molecular weight is 270 g/mol. The molecular formula is C15H18N4O. The Labute approximate surface area is 117 Å². The first-order valence-electron chi connectivity index (χ1n) is 6.93. The number of H-pyrrole nitrogens is 1. The molecule has 104 valence electrons. The molecule has 0 bridgehead atoms. The van der Waals surface area contributed by atoms with E-state index in [9.17, 15) is 4.79 Å². The lowest BCUT2D eigenvalue weighted by atomic mass is 9.88. The molecule has 2 aromatic rings. The standard InChI is InChI=1S/C15H18N4O/c20-14(17-13-8-11-16-19-13)18-15(9-4-5-10-15)12-6-2-1-3-7-12/h1-3,6-8,11H,4-5,9-10H2,(H3,16,17,18,19,20). The van der Waals surface area contributed by atoms with Crippen molar-refractivity contribution in [1.29, 1.82) is 0 Å². The largest absolute Gasteiger partial charge is 0.328 e. The van der Waals surface area contributed by atoms with Crippen molar-refractivity contribution in [3.8, 4) is 0 Å². The van der Waals surface area contributed by atoms with Gasteiger partial charge in [0.15, 0.2) is 0 Å². The SMILES string of the molecule is O=C(Nc1ccn[nH]1)NC1(c2ccccc2)CCCC1. The number of anilines is 1. The second-order valence-electron chi connectivity index (χ2n) is 5.20. The predicted octanol–water partition coefficient (Wildman–Crippen LogP) is 3.00. The minimum Gasteiger partial charge on any atom is -0.328 e. The third-order valence-corrected chi connectivity index (χ3v) is 3.89. The van der Waals surface area contributed by atoms with Gasteiger partial charge in [0.2, 0.25) is 0 Å². The number of amides is 2. The lowest BCUT2D eigenvalue weighted by Gasteiger charge is -2.31. The van der Waals surface area contributed by atoms with Crippen LogP contribution in [0.25, 0.3) is 0 Å². The molecule has 0 atom stereocenters. The summed E-state index contributed by atoms with van der Waals surface area (Å²) in [6, 6.07) is 11.7. The monoisotopic (exact) mass is 270 g/mol. The van der Waals surface area contributed by atoms with E-state index in [1.54, 1.807) is 12.3 Å². The number of carbonyl (C=O) groups is 1. The molecule has 1 saturated carbocycles. The fourth-order valence-corrected chi connectivity index (χ4v) is 2.92. The maximum atomic E-state index is 12.2. The molecular weight excluding hydrogens is 252 g/mol. The van der Waals surface area contributed by atoms with Gasteiger partial charge in [-0.1, -0.05) is 43.2 Å². The molecule has 20 heavy (non-hydrogen) atoms. The average Bonchev–Trinajstić information content (AvgIpc) is 3.12. The van der Waals surface area contributed by atoms with Gasteiger partial charge >= 0.3 is 6.03 Å². The summed E-state index contributed by atoms with van der Waals surface area (Å²) in [5.74, 6) is 0.601. The normalized spacial score (nSPS) is 16.8. The summed E-state index contributed by atoms with van der Waals surface area (Å²) < 4.78 is 0. The van der Waals surface area contributed by atoms with Gasteiger partial charge in [-0.05, 0) is 18.4 Å². The summed E-state index contributed by atoms with van der Waals surface area (Å²) in [4.78, 5) is 12.2. The lowest BCUT2D eigenvalue weighted by Crippen LogP contribution is -2.45. The zero-order chi connectivity index (χ0) is 13.8. The van der Waals surface area contributed by atoms with Gasteiger partial charge < -0.3 is 5.32 Å². The molecule has 5 heteroatoms. The minimum atomic E-state index is -0.245. The number of aromatic amines is 1. The van der Waals surface area contributed by atoms with Gasteiger partial charge in [0, 0.05) is 6.07 Å². The van der Waals surface area contributed by atoms with E-state index in [1.165, 1.54) is 5.56 Å². The Hall–Kier alpha value is -2.30. The molecule has 3 rings (SSSR count). The highest BCUT2D eigenvalue weighted by molar-refractivity contribution is 5.88. The van der Waals surface area contributed by atoms with Gasteiger partial charge in [-0.25, -0.2) is 4.79 Å². The smallest absolute Gasteiger partial charge is 0.321 e. The van der Waals surface area contributed by atoms with Crippen molar-refractivity contribution in [2.24, 2.45) is 0 Å². The molecule has 1 aromatic heterocycles. The highest BCUT2D eigenvalue weighted by Gasteiger charge is 2.36. The van der Waals surface area contributed by atoms with E-state index in [4.69, 9.17) is 0 Å². The number of benzene rings is 1. The molecule has 2 amide bonds.